The summed E-state index contributed by atoms with van der Waals surface area (Å²) in [5.74, 6) is 0.172. The quantitative estimate of drug-likeness (QED) is 0.172. The first-order chi connectivity index (χ1) is 18.3. The number of anilines is 1. The van der Waals surface area contributed by atoms with E-state index in [1.54, 1.807) is 25.2 Å². The molecule has 0 saturated carbocycles. The molecule has 38 heavy (non-hydrogen) atoms. The van der Waals surface area contributed by atoms with Crippen molar-refractivity contribution in [2.75, 3.05) is 18.9 Å². The molecule has 0 saturated heterocycles. The molecule has 2 aliphatic rings. The van der Waals surface area contributed by atoms with Gasteiger partial charge in [-0.25, -0.2) is 4.79 Å². The molecule has 0 aromatic heterocycles. The van der Waals surface area contributed by atoms with Crippen molar-refractivity contribution in [3.63, 3.8) is 0 Å². The molecule has 1 amide bonds. The van der Waals surface area contributed by atoms with Crippen LogP contribution in [0.3, 0.4) is 0 Å². The zero-order valence-electron chi connectivity index (χ0n) is 20.7. The Bertz CT molecular complexity index is 1390. The van der Waals surface area contributed by atoms with Crippen molar-refractivity contribution >= 4 is 34.9 Å². The predicted molar refractivity (Wildman–Crippen MR) is 145 cm³/mol. The van der Waals surface area contributed by atoms with Crippen LogP contribution in [0.15, 0.2) is 54.6 Å². The first-order valence-corrected chi connectivity index (χ1v) is 12.7. The second kappa shape index (κ2) is 10.2. The van der Waals surface area contributed by atoms with Gasteiger partial charge in [-0.05, 0) is 61.5 Å². The Hall–Kier alpha value is -4.31. The summed E-state index contributed by atoms with van der Waals surface area (Å²) in [6, 6.07) is 14.6. The van der Waals surface area contributed by atoms with E-state index >= 15 is 0 Å². The zero-order valence-corrected chi connectivity index (χ0v) is 21.5. The van der Waals surface area contributed by atoms with Crippen molar-refractivity contribution in [3.05, 3.63) is 76.9 Å². The third-order valence-corrected chi connectivity index (χ3v) is 6.92. The Balaban J connectivity index is 1.37. The lowest BCUT2D eigenvalue weighted by atomic mass is 9.77. The van der Waals surface area contributed by atoms with Gasteiger partial charge in [-0.3, -0.25) is 4.79 Å². The van der Waals surface area contributed by atoms with Crippen molar-refractivity contribution in [2.24, 2.45) is 0 Å². The van der Waals surface area contributed by atoms with Crippen molar-refractivity contribution in [3.8, 4) is 23.0 Å². The lowest BCUT2D eigenvalue weighted by Gasteiger charge is -2.36. The molecule has 3 aromatic rings. The van der Waals surface area contributed by atoms with Gasteiger partial charge in [-0.1, -0.05) is 12.5 Å². The molecule has 1 spiro atoms. The highest BCUT2D eigenvalue weighted by Crippen LogP contribution is 2.57. The summed E-state index contributed by atoms with van der Waals surface area (Å²) in [5, 5.41) is 29.4. The minimum atomic E-state index is -1.30. The Morgan fingerprint density at radius 1 is 0.921 bits per heavy atom. The van der Waals surface area contributed by atoms with Crippen molar-refractivity contribution in [1.29, 1.82) is 0 Å². The molecule has 0 bridgehead atoms. The van der Waals surface area contributed by atoms with Crippen LogP contribution < -0.4 is 20.7 Å². The molecular formula is C28H27N3O6S. The molecule has 2 aliphatic heterocycles. The number of carbonyl (C=O) groups is 2. The van der Waals surface area contributed by atoms with E-state index in [0.717, 1.165) is 19.3 Å². The van der Waals surface area contributed by atoms with Gasteiger partial charge in [0.1, 0.15) is 23.0 Å². The van der Waals surface area contributed by atoms with Gasteiger partial charge in [0.05, 0.1) is 5.56 Å². The van der Waals surface area contributed by atoms with Crippen molar-refractivity contribution in [1.82, 2.24) is 10.6 Å². The number of esters is 1. The maximum absolute atomic E-state index is 13.2. The average molecular weight is 534 g/mol. The van der Waals surface area contributed by atoms with E-state index in [2.05, 4.69) is 16.0 Å². The molecule has 196 valence electrons. The summed E-state index contributed by atoms with van der Waals surface area (Å²) in [6.45, 7) is 0.656. The number of aromatic hydroxyl groups is 2. The number of phenolic OH excluding ortho intramolecular Hbond substituents is 2. The summed E-state index contributed by atoms with van der Waals surface area (Å²) < 4.78 is 12.1. The van der Waals surface area contributed by atoms with E-state index in [-0.39, 0.29) is 17.4 Å². The molecule has 9 nitrogen and oxygen atoms in total. The van der Waals surface area contributed by atoms with Crippen LogP contribution in [0.25, 0.3) is 0 Å². The fourth-order valence-electron chi connectivity index (χ4n) is 4.87. The number of carbonyl (C=O) groups excluding carboxylic acids is 2. The first-order valence-electron chi connectivity index (χ1n) is 12.3. The zero-order chi connectivity index (χ0) is 26.9. The Kier molecular flexibility index (Phi) is 6.81. The van der Waals surface area contributed by atoms with Crippen LogP contribution in [0.2, 0.25) is 0 Å². The van der Waals surface area contributed by atoms with Crippen LogP contribution in [0.1, 0.15) is 52.7 Å². The molecule has 0 atom stereocenters. The van der Waals surface area contributed by atoms with E-state index < -0.39 is 11.6 Å². The number of thiocarbonyl (C=S) groups is 1. The van der Waals surface area contributed by atoms with Crippen LogP contribution in [0.5, 0.6) is 23.0 Å². The largest absolute Gasteiger partial charge is 0.508 e. The van der Waals surface area contributed by atoms with Gasteiger partial charge < -0.3 is 35.6 Å². The maximum Gasteiger partial charge on any atom is 0.340 e. The summed E-state index contributed by atoms with van der Waals surface area (Å²) in [6.07, 6.45) is 3.09. The standard InChI is InChI=1S/C28H27N3O6S/c1-29-25(34)5-3-2-4-12-30-27(38)31-16-6-9-20-19(13-16)26(35)37-28(20)21-10-7-17(32)14-23(21)36-24-15-18(33)8-11-22(24)28/h6-11,13-15,32-33H,2-5,12H2,1H3,(H,29,34)(H2,30,31,38). The Morgan fingerprint density at radius 3 is 2.24 bits per heavy atom. The number of phenols is 2. The lowest BCUT2D eigenvalue weighted by molar-refractivity contribution is -0.120. The van der Waals surface area contributed by atoms with Crippen LogP contribution in [-0.2, 0) is 15.1 Å². The van der Waals surface area contributed by atoms with Gasteiger partial charge in [-0.15, -0.1) is 0 Å². The summed E-state index contributed by atoms with van der Waals surface area (Å²) >= 11 is 5.41. The normalized spacial score (nSPS) is 14.0. The average Bonchev–Trinajstić information content (AvgIpc) is 3.17. The fourth-order valence-corrected chi connectivity index (χ4v) is 5.09. The van der Waals surface area contributed by atoms with E-state index in [9.17, 15) is 19.8 Å². The molecule has 0 aliphatic carbocycles. The predicted octanol–water partition coefficient (Wildman–Crippen LogP) is 4.26. The number of ether oxygens (including phenoxy) is 2. The maximum atomic E-state index is 13.2. The van der Waals surface area contributed by atoms with Crippen LogP contribution >= 0.6 is 12.2 Å². The van der Waals surface area contributed by atoms with E-state index in [4.69, 9.17) is 21.7 Å². The number of nitrogens with one attached hydrogen (secondary N) is 3. The van der Waals surface area contributed by atoms with Gasteiger partial charge in [0.15, 0.2) is 10.7 Å². The highest BCUT2D eigenvalue weighted by molar-refractivity contribution is 7.80. The third kappa shape index (κ3) is 4.58. The van der Waals surface area contributed by atoms with E-state index in [1.807, 2.05) is 12.1 Å². The fraction of sp³-hybridized carbons (Fsp3) is 0.250. The van der Waals surface area contributed by atoms with Gasteiger partial charge >= 0.3 is 5.97 Å². The molecule has 2 heterocycles. The van der Waals surface area contributed by atoms with Gasteiger partial charge in [0.25, 0.3) is 0 Å². The second-order valence-corrected chi connectivity index (χ2v) is 9.57. The monoisotopic (exact) mass is 533 g/mol. The van der Waals surface area contributed by atoms with Gasteiger partial charge in [0.2, 0.25) is 5.91 Å². The molecule has 5 rings (SSSR count). The van der Waals surface area contributed by atoms with Crippen molar-refractivity contribution < 1.29 is 29.3 Å². The van der Waals surface area contributed by atoms with Crippen molar-refractivity contribution in [2.45, 2.75) is 31.3 Å². The number of hydrogen-bond acceptors (Lipinski definition) is 7. The molecule has 3 aromatic carbocycles. The summed E-state index contributed by atoms with van der Waals surface area (Å²) in [7, 11) is 1.63. The molecule has 5 N–H and O–H groups in total. The molecule has 0 unspecified atom stereocenters. The topological polar surface area (TPSA) is 129 Å². The van der Waals surface area contributed by atoms with Crippen LogP contribution in [0, 0.1) is 0 Å². The third-order valence-electron chi connectivity index (χ3n) is 6.68. The highest BCUT2D eigenvalue weighted by Gasteiger charge is 2.53. The smallest absolute Gasteiger partial charge is 0.340 e. The summed E-state index contributed by atoms with van der Waals surface area (Å²) in [4.78, 5) is 24.5. The molecular weight excluding hydrogens is 506 g/mol. The van der Waals surface area contributed by atoms with Crippen LogP contribution in [-0.4, -0.2) is 40.8 Å². The van der Waals surface area contributed by atoms with Gasteiger partial charge in [0, 0.05) is 54.5 Å². The Morgan fingerprint density at radius 2 is 1.58 bits per heavy atom. The number of unbranched alkanes of at least 4 members (excludes halogenated alkanes) is 2. The molecule has 0 fully saturated rings. The molecule has 0 radical (unpaired) electrons. The second-order valence-electron chi connectivity index (χ2n) is 9.16. The number of amides is 1. The summed E-state index contributed by atoms with van der Waals surface area (Å²) in [5.41, 5.74) is 1.43. The lowest BCUT2D eigenvalue weighted by Crippen LogP contribution is -2.33. The first kappa shape index (κ1) is 25.3. The van der Waals surface area contributed by atoms with E-state index in [0.29, 0.717) is 57.5 Å². The minimum absolute atomic E-state index is 0.000864. The molecule has 10 heteroatoms. The Labute approximate surface area is 224 Å². The number of fused-ring (bicyclic) bond motifs is 6. The highest BCUT2D eigenvalue weighted by atomic mass is 32.1. The number of benzene rings is 3. The van der Waals surface area contributed by atoms with Crippen LogP contribution in [0.4, 0.5) is 5.69 Å². The van der Waals surface area contributed by atoms with E-state index in [1.165, 1.54) is 24.3 Å². The SMILES string of the molecule is CNC(=O)CCCCCNC(=S)Nc1ccc2c(c1)C(=O)OC21c2ccc(O)cc2Oc2cc(O)ccc21. The van der Waals surface area contributed by atoms with Gasteiger partial charge in [-0.2, -0.15) is 0 Å². The number of hydrogen-bond donors (Lipinski definition) is 5. The minimum Gasteiger partial charge on any atom is -0.508 e. The number of rotatable bonds is 7.